The summed E-state index contributed by atoms with van der Waals surface area (Å²) in [7, 11) is 0. The number of nitrogens with one attached hydrogen (secondary N) is 3. The molecule has 0 bridgehead atoms. The molecule has 0 aliphatic heterocycles. The van der Waals surface area contributed by atoms with Gasteiger partial charge in [0.05, 0.1) is 12.6 Å². The predicted octanol–water partition coefficient (Wildman–Crippen LogP) is -1.09. The van der Waals surface area contributed by atoms with Gasteiger partial charge in [0, 0.05) is 0 Å². The number of nitrogens with two attached hydrogens (primary N) is 1. The van der Waals surface area contributed by atoms with Gasteiger partial charge in [-0.25, -0.2) is 4.79 Å². The monoisotopic (exact) mass is 434 g/mol. The normalized spacial score (nSPS) is 15.3. The van der Waals surface area contributed by atoms with Crippen LogP contribution < -0.4 is 21.7 Å². The Labute approximate surface area is 175 Å². The van der Waals surface area contributed by atoms with Gasteiger partial charge in [-0.05, 0) is 30.3 Å². The molecular formula is C18H34N4O6S. The lowest BCUT2D eigenvalue weighted by Crippen LogP contribution is -2.59. The molecule has 3 amide bonds. The minimum absolute atomic E-state index is 0.126. The molecule has 0 aromatic heterocycles. The minimum atomic E-state index is -1.35. The summed E-state index contributed by atoms with van der Waals surface area (Å²) in [5.41, 5.74) is 5.82. The smallest absolute Gasteiger partial charge is 0.326 e. The van der Waals surface area contributed by atoms with Crippen molar-refractivity contribution in [2.75, 3.05) is 18.6 Å². The molecular weight excluding hydrogens is 400 g/mol. The second-order valence-electron chi connectivity index (χ2n) is 7.42. The molecule has 0 aliphatic carbocycles. The van der Waals surface area contributed by atoms with Crippen molar-refractivity contribution < 1.29 is 29.4 Å². The van der Waals surface area contributed by atoms with Gasteiger partial charge in [0.2, 0.25) is 17.7 Å². The van der Waals surface area contributed by atoms with E-state index in [0.717, 1.165) is 0 Å². The van der Waals surface area contributed by atoms with Gasteiger partial charge in [-0.15, -0.1) is 0 Å². The summed E-state index contributed by atoms with van der Waals surface area (Å²) in [5.74, 6) is -3.14. The first-order valence-corrected chi connectivity index (χ1v) is 10.8. The van der Waals surface area contributed by atoms with Crippen LogP contribution in [-0.4, -0.2) is 76.7 Å². The number of thioether (sulfide) groups is 1. The number of carbonyl (C=O) groups is 4. The maximum atomic E-state index is 12.6. The van der Waals surface area contributed by atoms with E-state index in [4.69, 9.17) is 5.73 Å². The summed E-state index contributed by atoms with van der Waals surface area (Å²) in [4.78, 5) is 48.4. The number of amides is 3. The summed E-state index contributed by atoms with van der Waals surface area (Å²) in [6.45, 7) is 6.08. The van der Waals surface area contributed by atoms with E-state index in [1.54, 1.807) is 27.7 Å². The van der Waals surface area contributed by atoms with E-state index in [1.807, 2.05) is 6.26 Å². The number of aliphatic hydroxyl groups is 1. The Bertz CT molecular complexity index is 573. The molecule has 0 fully saturated rings. The first-order chi connectivity index (χ1) is 13.5. The van der Waals surface area contributed by atoms with Crippen molar-refractivity contribution in [3.05, 3.63) is 0 Å². The Balaban J connectivity index is 5.19. The zero-order valence-electron chi connectivity index (χ0n) is 17.6. The van der Waals surface area contributed by atoms with Crippen molar-refractivity contribution in [1.29, 1.82) is 0 Å². The molecule has 0 aromatic rings. The van der Waals surface area contributed by atoms with Crippen LogP contribution in [0.4, 0.5) is 0 Å². The van der Waals surface area contributed by atoms with E-state index in [2.05, 4.69) is 16.0 Å². The van der Waals surface area contributed by atoms with Gasteiger partial charge in [0.25, 0.3) is 0 Å². The van der Waals surface area contributed by atoms with Crippen LogP contribution in [0.1, 0.15) is 34.1 Å². The Morgan fingerprint density at radius 1 is 0.897 bits per heavy atom. The van der Waals surface area contributed by atoms with Crippen LogP contribution in [0.5, 0.6) is 0 Å². The van der Waals surface area contributed by atoms with Gasteiger partial charge in [0.1, 0.15) is 18.1 Å². The number of hydrogen-bond acceptors (Lipinski definition) is 7. The summed E-state index contributed by atoms with van der Waals surface area (Å²) in [6, 6.07) is -4.25. The zero-order chi connectivity index (χ0) is 22.7. The molecule has 0 aromatic carbocycles. The Hall–Kier alpha value is -1.85. The molecule has 29 heavy (non-hydrogen) atoms. The third-order valence-electron chi connectivity index (χ3n) is 4.31. The third kappa shape index (κ3) is 9.46. The summed E-state index contributed by atoms with van der Waals surface area (Å²) < 4.78 is 0. The molecule has 0 radical (unpaired) electrons. The van der Waals surface area contributed by atoms with E-state index in [1.165, 1.54) is 11.8 Å². The number of rotatable bonds is 13. The van der Waals surface area contributed by atoms with Crippen LogP contribution in [-0.2, 0) is 19.2 Å². The number of carboxylic acids is 1. The maximum absolute atomic E-state index is 12.6. The molecule has 11 heteroatoms. The summed E-state index contributed by atoms with van der Waals surface area (Å²) in [6.07, 6.45) is 2.14. The Morgan fingerprint density at radius 2 is 1.41 bits per heavy atom. The topological polar surface area (TPSA) is 171 Å². The number of hydrogen-bond donors (Lipinski definition) is 6. The van der Waals surface area contributed by atoms with Crippen LogP contribution in [0.25, 0.3) is 0 Å². The fourth-order valence-electron chi connectivity index (χ4n) is 2.31. The van der Waals surface area contributed by atoms with Gasteiger partial charge in [-0.2, -0.15) is 11.8 Å². The number of aliphatic hydroxyl groups excluding tert-OH is 1. The van der Waals surface area contributed by atoms with Crippen molar-refractivity contribution in [1.82, 2.24) is 16.0 Å². The molecule has 0 rings (SSSR count). The standard InChI is InChI=1S/C18H34N4O6S/c1-9(2)13(19)17(26)20-11(6-7-29-5)15(24)21-12(8-23)16(25)22-14(10(3)4)18(27)28/h9-14,23H,6-8,19H2,1-5H3,(H,20,26)(H,21,24)(H,22,25)(H,27,28). The largest absolute Gasteiger partial charge is 0.480 e. The lowest BCUT2D eigenvalue weighted by Gasteiger charge is -2.25. The molecule has 7 N–H and O–H groups in total. The minimum Gasteiger partial charge on any atom is -0.480 e. The highest BCUT2D eigenvalue weighted by Gasteiger charge is 2.31. The summed E-state index contributed by atoms with van der Waals surface area (Å²) >= 11 is 1.48. The van der Waals surface area contributed by atoms with Crippen LogP contribution in [0.15, 0.2) is 0 Å². The fraction of sp³-hybridized carbons (Fsp3) is 0.778. The molecule has 10 nitrogen and oxygen atoms in total. The zero-order valence-corrected chi connectivity index (χ0v) is 18.4. The second kappa shape index (κ2) is 13.4. The second-order valence-corrected chi connectivity index (χ2v) is 8.41. The highest BCUT2D eigenvalue weighted by molar-refractivity contribution is 7.98. The van der Waals surface area contributed by atoms with Gasteiger partial charge in [-0.1, -0.05) is 27.7 Å². The summed E-state index contributed by atoms with van der Waals surface area (Å²) in [5, 5.41) is 25.9. The van der Waals surface area contributed by atoms with Crippen LogP contribution in [0.2, 0.25) is 0 Å². The van der Waals surface area contributed by atoms with E-state index in [0.29, 0.717) is 12.2 Å². The molecule has 168 valence electrons. The van der Waals surface area contributed by atoms with Crippen molar-refractivity contribution in [3.63, 3.8) is 0 Å². The van der Waals surface area contributed by atoms with Crippen molar-refractivity contribution >= 4 is 35.5 Å². The van der Waals surface area contributed by atoms with E-state index < -0.39 is 60.4 Å². The Kier molecular flexibility index (Phi) is 12.5. The molecule has 4 atom stereocenters. The molecule has 0 aliphatic rings. The molecule has 0 spiro atoms. The number of carbonyl (C=O) groups excluding carboxylic acids is 3. The van der Waals surface area contributed by atoms with Crippen LogP contribution in [0.3, 0.4) is 0 Å². The fourth-order valence-corrected chi connectivity index (χ4v) is 2.78. The molecule has 0 heterocycles. The lowest BCUT2D eigenvalue weighted by molar-refractivity contribution is -0.143. The van der Waals surface area contributed by atoms with Gasteiger partial charge < -0.3 is 31.9 Å². The highest BCUT2D eigenvalue weighted by atomic mass is 32.2. The van der Waals surface area contributed by atoms with Gasteiger partial charge >= 0.3 is 5.97 Å². The number of aliphatic carboxylic acids is 1. The van der Waals surface area contributed by atoms with Crippen molar-refractivity contribution in [3.8, 4) is 0 Å². The predicted molar refractivity (Wildman–Crippen MR) is 111 cm³/mol. The van der Waals surface area contributed by atoms with Crippen LogP contribution >= 0.6 is 11.8 Å². The van der Waals surface area contributed by atoms with E-state index >= 15 is 0 Å². The first kappa shape index (κ1) is 27.1. The Morgan fingerprint density at radius 3 is 1.83 bits per heavy atom. The molecule has 0 saturated carbocycles. The first-order valence-electron chi connectivity index (χ1n) is 9.45. The lowest BCUT2D eigenvalue weighted by atomic mass is 10.0. The van der Waals surface area contributed by atoms with Crippen molar-refractivity contribution in [2.24, 2.45) is 17.6 Å². The van der Waals surface area contributed by atoms with Crippen molar-refractivity contribution in [2.45, 2.75) is 58.3 Å². The average molecular weight is 435 g/mol. The van der Waals surface area contributed by atoms with E-state index in [9.17, 15) is 29.4 Å². The molecule has 4 unspecified atom stereocenters. The highest BCUT2D eigenvalue weighted by Crippen LogP contribution is 2.06. The van der Waals surface area contributed by atoms with Crippen LogP contribution in [0, 0.1) is 11.8 Å². The average Bonchev–Trinajstić information content (AvgIpc) is 2.65. The maximum Gasteiger partial charge on any atom is 0.326 e. The quantitative estimate of drug-likeness (QED) is 0.212. The SMILES string of the molecule is CSCCC(NC(=O)C(N)C(C)C)C(=O)NC(CO)C(=O)NC(C(=O)O)C(C)C. The molecule has 0 saturated heterocycles. The van der Waals surface area contributed by atoms with Gasteiger partial charge in [0.15, 0.2) is 0 Å². The van der Waals surface area contributed by atoms with Gasteiger partial charge in [-0.3, -0.25) is 14.4 Å². The third-order valence-corrected chi connectivity index (χ3v) is 4.95. The number of carboxylic acid groups (broad SMARTS) is 1. The van der Waals surface area contributed by atoms with E-state index in [-0.39, 0.29) is 5.92 Å².